The van der Waals surface area contributed by atoms with Gasteiger partial charge in [-0.1, -0.05) is 35.9 Å². The third-order valence-electron chi connectivity index (χ3n) is 3.61. The fraction of sp³-hybridized carbons (Fsp3) is 0.235. The summed E-state index contributed by atoms with van der Waals surface area (Å²) in [4.78, 5) is 12.5. The zero-order chi connectivity index (χ0) is 17.2. The van der Waals surface area contributed by atoms with Crippen molar-refractivity contribution in [1.82, 2.24) is 5.32 Å². The molecule has 1 atom stereocenters. The minimum absolute atomic E-state index is 0.0654. The highest BCUT2D eigenvalue weighted by Crippen LogP contribution is 2.22. The van der Waals surface area contributed by atoms with Crippen LogP contribution >= 0.6 is 11.6 Å². The van der Waals surface area contributed by atoms with Gasteiger partial charge in [0, 0.05) is 6.26 Å². The molecule has 6 heteroatoms. The molecule has 23 heavy (non-hydrogen) atoms. The summed E-state index contributed by atoms with van der Waals surface area (Å²) in [6.07, 6.45) is 1.09. The molecule has 1 amide bonds. The summed E-state index contributed by atoms with van der Waals surface area (Å²) < 4.78 is 23.3. The van der Waals surface area contributed by atoms with Gasteiger partial charge in [0.05, 0.1) is 21.5 Å². The SMILES string of the molecule is Cc1ccccc1C(C)NC(=O)c1cc(S(C)(=O)=O)ccc1Cl. The van der Waals surface area contributed by atoms with Crippen molar-refractivity contribution in [3.63, 3.8) is 0 Å². The third kappa shape index (κ3) is 4.12. The molecule has 0 aliphatic rings. The molecular weight excluding hydrogens is 334 g/mol. The molecule has 2 aromatic rings. The Balaban J connectivity index is 2.29. The van der Waals surface area contributed by atoms with Crippen molar-refractivity contribution in [1.29, 1.82) is 0 Å². The number of rotatable bonds is 4. The lowest BCUT2D eigenvalue weighted by atomic mass is 10.0. The highest BCUT2D eigenvalue weighted by Gasteiger charge is 2.18. The number of sulfone groups is 1. The summed E-state index contributed by atoms with van der Waals surface area (Å²) in [5, 5.41) is 3.07. The molecule has 1 unspecified atom stereocenters. The fourth-order valence-corrected chi connectivity index (χ4v) is 3.18. The molecule has 0 saturated carbocycles. The van der Waals surface area contributed by atoms with Crippen LogP contribution in [0.2, 0.25) is 5.02 Å². The van der Waals surface area contributed by atoms with Gasteiger partial charge in [-0.2, -0.15) is 0 Å². The zero-order valence-corrected chi connectivity index (χ0v) is 14.7. The van der Waals surface area contributed by atoms with Gasteiger partial charge in [0.2, 0.25) is 0 Å². The van der Waals surface area contributed by atoms with Gasteiger partial charge < -0.3 is 5.32 Å². The molecule has 1 N–H and O–H groups in total. The first-order valence-corrected chi connectivity index (χ1v) is 9.33. The summed E-state index contributed by atoms with van der Waals surface area (Å²) in [7, 11) is -3.40. The van der Waals surface area contributed by atoms with E-state index in [2.05, 4.69) is 5.32 Å². The average Bonchev–Trinajstić information content (AvgIpc) is 2.46. The van der Waals surface area contributed by atoms with E-state index in [-0.39, 0.29) is 21.5 Å². The summed E-state index contributed by atoms with van der Waals surface area (Å²) in [6.45, 7) is 3.84. The first-order valence-electron chi connectivity index (χ1n) is 7.06. The number of carbonyl (C=O) groups is 1. The van der Waals surface area contributed by atoms with Gasteiger partial charge in [-0.15, -0.1) is 0 Å². The van der Waals surface area contributed by atoms with E-state index in [0.717, 1.165) is 17.4 Å². The minimum Gasteiger partial charge on any atom is -0.345 e. The topological polar surface area (TPSA) is 63.2 Å². The number of halogens is 1. The Hall–Kier alpha value is -1.85. The smallest absolute Gasteiger partial charge is 0.253 e. The lowest BCUT2D eigenvalue weighted by molar-refractivity contribution is 0.0940. The molecule has 0 aromatic heterocycles. The van der Waals surface area contributed by atoms with Crippen LogP contribution in [0.15, 0.2) is 47.4 Å². The van der Waals surface area contributed by atoms with Crippen LogP contribution in [0, 0.1) is 6.92 Å². The second-order valence-electron chi connectivity index (χ2n) is 5.47. The predicted octanol–water partition coefficient (Wildman–Crippen LogP) is 3.54. The predicted molar refractivity (Wildman–Crippen MR) is 91.6 cm³/mol. The van der Waals surface area contributed by atoms with Crippen molar-refractivity contribution in [3.05, 3.63) is 64.2 Å². The van der Waals surface area contributed by atoms with Crippen molar-refractivity contribution in [3.8, 4) is 0 Å². The molecule has 4 nitrogen and oxygen atoms in total. The van der Waals surface area contributed by atoms with E-state index in [1.807, 2.05) is 38.1 Å². The Bertz CT molecular complexity index is 847. The Labute approximate surface area is 141 Å². The first-order chi connectivity index (χ1) is 10.7. The summed E-state index contributed by atoms with van der Waals surface area (Å²) in [5.74, 6) is -0.406. The van der Waals surface area contributed by atoms with Gasteiger partial charge in [0.1, 0.15) is 0 Å². The number of carbonyl (C=O) groups excluding carboxylic acids is 1. The molecule has 0 fully saturated rings. The Morgan fingerprint density at radius 3 is 2.43 bits per heavy atom. The highest BCUT2D eigenvalue weighted by atomic mass is 35.5. The van der Waals surface area contributed by atoms with Crippen LogP contribution in [0.5, 0.6) is 0 Å². The van der Waals surface area contributed by atoms with E-state index < -0.39 is 15.7 Å². The molecule has 0 spiro atoms. The van der Waals surface area contributed by atoms with Gasteiger partial charge >= 0.3 is 0 Å². The maximum absolute atomic E-state index is 12.4. The van der Waals surface area contributed by atoms with Gasteiger partial charge in [0.25, 0.3) is 5.91 Å². The van der Waals surface area contributed by atoms with Crippen molar-refractivity contribution in [2.75, 3.05) is 6.26 Å². The monoisotopic (exact) mass is 351 g/mol. The van der Waals surface area contributed by atoms with E-state index in [4.69, 9.17) is 11.6 Å². The standard InChI is InChI=1S/C17H18ClNO3S/c1-11-6-4-5-7-14(11)12(2)19-17(20)15-10-13(23(3,21)22)8-9-16(15)18/h4-10,12H,1-3H3,(H,19,20). The van der Waals surface area contributed by atoms with E-state index in [0.29, 0.717) is 0 Å². The molecule has 0 heterocycles. The molecule has 0 saturated heterocycles. The van der Waals surface area contributed by atoms with Crippen molar-refractivity contribution in [2.24, 2.45) is 0 Å². The summed E-state index contributed by atoms with van der Waals surface area (Å²) in [6, 6.07) is 11.6. The molecular formula is C17H18ClNO3S. The fourth-order valence-electron chi connectivity index (χ4n) is 2.33. The Morgan fingerprint density at radius 1 is 1.17 bits per heavy atom. The second-order valence-corrected chi connectivity index (χ2v) is 7.89. The van der Waals surface area contributed by atoms with Crippen molar-refractivity contribution in [2.45, 2.75) is 24.8 Å². The van der Waals surface area contributed by atoms with Gasteiger partial charge in [-0.25, -0.2) is 8.42 Å². The molecule has 0 radical (unpaired) electrons. The van der Waals surface area contributed by atoms with Crippen LogP contribution < -0.4 is 5.32 Å². The van der Waals surface area contributed by atoms with E-state index in [1.165, 1.54) is 18.2 Å². The van der Waals surface area contributed by atoms with E-state index >= 15 is 0 Å². The molecule has 0 aliphatic carbocycles. The van der Waals surface area contributed by atoms with Crippen molar-refractivity contribution < 1.29 is 13.2 Å². The van der Waals surface area contributed by atoms with Crippen LogP contribution in [0.4, 0.5) is 0 Å². The highest BCUT2D eigenvalue weighted by molar-refractivity contribution is 7.90. The largest absolute Gasteiger partial charge is 0.345 e. The molecule has 122 valence electrons. The maximum Gasteiger partial charge on any atom is 0.253 e. The number of hydrogen-bond donors (Lipinski definition) is 1. The molecule has 2 aromatic carbocycles. The van der Waals surface area contributed by atoms with E-state index in [9.17, 15) is 13.2 Å². The Kier molecular flexibility index (Phi) is 5.12. The van der Waals surface area contributed by atoms with Crippen LogP contribution in [0.25, 0.3) is 0 Å². The number of benzene rings is 2. The summed E-state index contributed by atoms with van der Waals surface area (Å²) in [5.41, 5.74) is 2.21. The lowest BCUT2D eigenvalue weighted by Crippen LogP contribution is -2.27. The maximum atomic E-state index is 12.4. The Morgan fingerprint density at radius 2 is 1.83 bits per heavy atom. The average molecular weight is 352 g/mol. The third-order valence-corrected chi connectivity index (χ3v) is 5.05. The lowest BCUT2D eigenvalue weighted by Gasteiger charge is -2.17. The van der Waals surface area contributed by atoms with Gasteiger partial charge in [-0.05, 0) is 43.2 Å². The van der Waals surface area contributed by atoms with Crippen LogP contribution in [-0.4, -0.2) is 20.6 Å². The van der Waals surface area contributed by atoms with E-state index in [1.54, 1.807) is 0 Å². The van der Waals surface area contributed by atoms with Crippen LogP contribution in [0.1, 0.15) is 34.5 Å². The number of amides is 1. The van der Waals surface area contributed by atoms with Crippen LogP contribution in [0.3, 0.4) is 0 Å². The van der Waals surface area contributed by atoms with Gasteiger partial charge in [0.15, 0.2) is 9.84 Å². The molecule has 2 rings (SSSR count). The molecule has 0 aliphatic heterocycles. The number of hydrogen-bond acceptors (Lipinski definition) is 3. The first kappa shape index (κ1) is 17.5. The zero-order valence-electron chi connectivity index (χ0n) is 13.1. The van der Waals surface area contributed by atoms with Gasteiger partial charge in [-0.3, -0.25) is 4.79 Å². The quantitative estimate of drug-likeness (QED) is 0.916. The van der Waals surface area contributed by atoms with Crippen molar-refractivity contribution >= 4 is 27.3 Å². The second kappa shape index (κ2) is 6.72. The minimum atomic E-state index is -3.40. The number of nitrogens with one attached hydrogen (secondary N) is 1. The normalized spacial score (nSPS) is 12.7. The summed E-state index contributed by atoms with van der Waals surface area (Å²) >= 11 is 6.05. The number of aryl methyl sites for hydroxylation is 1. The molecule has 0 bridgehead atoms. The van der Waals surface area contributed by atoms with Crippen LogP contribution in [-0.2, 0) is 9.84 Å².